The maximum absolute atomic E-state index is 5.90. The van der Waals surface area contributed by atoms with E-state index in [0.29, 0.717) is 0 Å². The van der Waals surface area contributed by atoms with Crippen molar-refractivity contribution in [2.24, 2.45) is 11.7 Å². The van der Waals surface area contributed by atoms with E-state index in [9.17, 15) is 0 Å². The van der Waals surface area contributed by atoms with Crippen LogP contribution in [0.2, 0.25) is 0 Å². The first-order valence-electron chi connectivity index (χ1n) is 5.01. The van der Waals surface area contributed by atoms with Crippen LogP contribution in [0.5, 0.6) is 0 Å². The number of hydrogen-bond donors (Lipinski definition) is 1. The van der Waals surface area contributed by atoms with Crippen LogP contribution in [0.4, 0.5) is 0 Å². The quantitative estimate of drug-likeness (QED) is 0.692. The van der Waals surface area contributed by atoms with E-state index in [1.165, 1.54) is 19.4 Å². The molecule has 0 bridgehead atoms. The predicted molar refractivity (Wildman–Crippen MR) is 53.1 cm³/mol. The molecule has 1 rings (SSSR count). The zero-order valence-electron chi connectivity index (χ0n) is 8.64. The van der Waals surface area contributed by atoms with Gasteiger partial charge in [-0.3, -0.25) is 4.90 Å². The van der Waals surface area contributed by atoms with Crippen molar-refractivity contribution < 1.29 is 0 Å². The molecule has 2 nitrogen and oxygen atoms in total. The topological polar surface area (TPSA) is 29.3 Å². The Labute approximate surface area is 76.1 Å². The fraction of sp³-hybridized carbons (Fsp3) is 1.00. The fourth-order valence-corrected chi connectivity index (χ4v) is 1.86. The summed E-state index contributed by atoms with van der Waals surface area (Å²) in [4.78, 5) is 2.45. The third kappa shape index (κ3) is 3.11. The van der Waals surface area contributed by atoms with E-state index in [4.69, 9.17) is 5.73 Å². The Hall–Kier alpha value is -0.0800. The monoisotopic (exact) mass is 170 g/mol. The highest BCUT2D eigenvalue weighted by atomic mass is 15.2. The Kier molecular flexibility index (Phi) is 3.13. The minimum atomic E-state index is 0.109. The summed E-state index contributed by atoms with van der Waals surface area (Å²) in [5.74, 6) is 0.843. The SMILES string of the molecule is CC(C)CCCN1CC(C)(N)C1. The van der Waals surface area contributed by atoms with Crippen molar-refractivity contribution in [1.29, 1.82) is 0 Å². The molecule has 0 spiro atoms. The second-order valence-electron chi connectivity index (χ2n) is 4.90. The van der Waals surface area contributed by atoms with Gasteiger partial charge in [0, 0.05) is 18.6 Å². The first kappa shape index (κ1) is 10.0. The number of nitrogens with two attached hydrogens (primary N) is 1. The van der Waals surface area contributed by atoms with Gasteiger partial charge in [0.15, 0.2) is 0 Å². The van der Waals surface area contributed by atoms with Crippen LogP contribution in [0.1, 0.15) is 33.6 Å². The van der Waals surface area contributed by atoms with Gasteiger partial charge in [-0.25, -0.2) is 0 Å². The molecule has 0 atom stereocenters. The first-order valence-corrected chi connectivity index (χ1v) is 5.01. The summed E-state index contributed by atoms with van der Waals surface area (Å²) in [7, 11) is 0. The molecule has 1 heterocycles. The highest BCUT2D eigenvalue weighted by Crippen LogP contribution is 2.17. The highest BCUT2D eigenvalue weighted by Gasteiger charge is 2.33. The van der Waals surface area contributed by atoms with Crippen molar-refractivity contribution in [1.82, 2.24) is 4.90 Å². The van der Waals surface area contributed by atoms with Crippen LogP contribution in [0.15, 0.2) is 0 Å². The zero-order valence-corrected chi connectivity index (χ0v) is 8.64. The van der Waals surface area contributed by atoms with Crippen molar-refractivity contribution in [2.45, 2.75) is 39.2 Å². The molecule has 72 valence electrons. The maximum Gasteiger partial charge on any atom is 0.0383 e. The average molecular weight is 170 g/mol. The molecule has 0 aromatic carbocycles. The van der Waals surface area contributed by atoms with Gasteiger partial charge in [0.05, 0.1) is 0 Å². The Bertz CT molecular complexity index is 133. The largest absolute Gasteiger partial charge is 0.323 e. The Morgan fingerprint density at radius 3 is 2.42 bits per heavy atom. The molecule has 0 aromatic rings. The summed E-state index contributed by atoms with van der Waals surface area (Å²) in [5.41, 5.74) is 6.01. The van der Waals surface area contributed by atoms with Gasteiger partial charge in [-0.1, -0.05) is 13.8 Å². The number of hydrogen-bond acceptors (Lipinski definition) is 2. The van der Waals surface area contributed by atoms with E-state index in [0.717, 1.165) is 19.0 Å². The van der Waals surface area contributed by atoms with Crippen molar-refractivity contribution >= 4 is 0 Å². The summed E-state index contributed by atoms with van der Waals surface area (Å²) < 4.78 is 0. The van der Waals surface area contributed by atoms with Gasteiger partial charge in [0.2, 0.25) is 0 Å². The van der Waals surface area contributed by atoms with Crippen LogP contribution < -0.4 is 5.73 Å². The minimum Gasteiger partial charge on any atom is -0.323 e. The number of nitrogens with zero attached hydrogens (tertiary/aromatic N) is 1. The summed E-state index contributed by atoms with van der Waals surface area (Å²) in [5, 5.41) is 0. The van der Waals surface area contributed by atoms with Crippen LogP contribution >= 0.6 is 0 Å². The second-order valence-corrected chi connectivity index (χ2v) is 4.90. The lowest BCUT2D eigenvalue weighted by Gasteiger charge is -2.45. The molecule has 0 saturated carbocycles. The van der Waals surface area contributed by atoms with E-state index in [1.807, 2.05) is 0 Å². The summed E-state index contributed by atoms with van der Waals surface area (Å²) >= 11 is 0. The first-order chi connectivity index (χ1) is 5.49. The number of rotatable bonds is 4. The van der Waals surface area contributed by atoms with E-state index in [1.54, 1.807) is 0 Å². The van der Waals surface area contributed by atoms with Crippen LogP contribution in [-0.2, 0) is 0 Å². The second kappa shape index (κ2) is 3.75. The molecule has 0 aromatic heterocycles. The van der Waals surface area contributed by atoms with E-state index in [-0.39, 0.29) is 5.54 Å². The molecule has 0 amide bonds. The lowest BCUT2D eigenvalue weighted by atomic mass is 9.93. The molecule has 0 aliphatic carbocycles. The molecule has 1 fully saturated rings. The molecule has 1 saturated heterocycles. The van der Waals surface area contributed by atoms with Gasteiger partial charge >= 0.3 is 0 Å². The van der Waals surface area contributed by atoms with E-state index >= 15 is 0 Å². The molecule has 1 aliphatic rings. The standard InChI is InChI=1S/C10H22N2/c1-9(2)5-4-6-12-7-10(3,11)8-12/h9H,4-8,11H2,1-3H3. The van der Waals surface area contributed by atoms with Gasteiger partial charge in [0.1, 0.15) is 0 Å². The summed E-state index contributed by atoms with van der Waals surface area (Å²) in [6.07, 6.45) is 2.67. The van der Waals surface area contributed by atoms with Crippen molar-refractivity contribution in [3.8, 4) is 0 Å². The van der Waals surface area contributed by atoms with E-state index < -0.39 is 0 Å². The van der Waals surface area contributed by atoms with Gasteiger partial charge in [-0.15, -0.1) is 0 Å². The van der Waals surface area contributed by atoms with Crippen LogP contribution in [-0.4, -0.2) is 30.1 Å². The maximum atomic E-state index is 5.90. The Balaban J connectivity index is 1.97. The average Bonchev–Trinajstić information content (AvgIpc) is 1.82. The predicted octanol–water partition coefficient (Wildman–Crippen LogP) is 1.46. The van der Waals surface area contributed by atoms with Gasteiger partial charge in [-0.2, -0.15) is 0 Å². The van der Waals surface area contributed by atoms with Crippen molar-refractivity contribution in [3.05, 3.63) is 0 Å². The minimum absolute atomic E-state index is 0.109. The summed E-state index contributed by atoms with van der Waals surface area (Å²) in [6, 6.07) is 0. The normalized spacial score (nSPS) is 22.8. The molecule has 1 aliphatic heterocycles. The van der Waals surface area contributed by atoms with Crippen LogP contribution in [0.25, 0.3) is 0 Å². The van der Waals surface area contributed by atoms with Crippen molar-refractivity contribution in [2.75, 3.05) is 19.6 Å². The lowest BCUT2D eigenvalue weighted by molar-refractivity contribution is 0.0813. The fourth-order valence-electron chi connectivity index (χ4n) is 1.86. The highest BCUT2D eigenvalue weighted by molar-refractivity contribution is 4.95. The van der Waals surface area contributed by atoms with Gasteiger partial charge < -0.3 is 5.73 Å². The molecule has 2 N–H and O–H groups in total. The third-order valence-electron chi connectivity index (χ3n) is 2.43. The third-order valence-corrected chi connectivity index (χ3v) is 2.43. The lowest BCUT2D eigenvalue weighted by Crippen LogP contribution is -2.65. The smallest absolute Gasteiger partial charge is 0.0383 e. The number of likely N-dealkylation sites (tertiary alicyclic amines) is 1. The molecule has 2 heteroatoms. The van der Waals surface area contributed by atoms with Crippen LogP contribution in [0.3, 0.4) is 0 Å². The Morgan fingerprint density at radius 1 is 1.42 bits per heavy atom. The Morgan fingerprint density at radius 2 is 2.00 bits per heavy atom. The van der Waals surface area contributed by atoms with Crippen LogP contribution in [0, 0.1) is 5.92 Å². The van der Waals surface area contributed by atoms with Gasteiger partial charge in [0.25, 0.3) is 0 Å². The molecular weight excluding hydrogens is 148 g/mol. The van der Waals surface area contributed by atoms with E-state index in [2.05, 4.69) is 25.7 Å². The molecule has 12 heavy (non-hydrogen) atoms. The summed E-state index contributed by atoms with van der Waals surface area (Å²) in [6.45, 7) is 10.1. The molecule has 0 radical (unpaired) electrons. The molecule has 0 unspecified atom stereocenters. The van der Waals surface area contributed by atoms with Crippen molar-refractivity contribution in [3.63, 3.8) is 0 Å². The molecular formula is C10H22N2. The van der Waals surface area contributed by atoms with Gasteiger partial charge in [-0.05, 0) is 32.2 Å². The zero-order chi connectivity index (χ0) is 9.19.